The Kier molecular flexibility index (Phi) is 4.70. The van der Waals surface area contributed by atoms with Crippen LogP contribution in [0.2, 0.25) is 0 Å². The molecule has 0 aliphatic rings. The third kappa shape index (κ3) is 3.47. The molecule has 0 aliphatic heterocycles. The summed E-state index contributed by atoms with van der Waals surface area (Å²) in [5.74, 6) is -0.00223. The van der Waals surface area contributed by atoms with Crippen molar-refractivity contribution in [3.05, 3.63) is 71.2 Å². The van der Waals surface area contributed by atoms with Crippen LogP contribution in [0.3, 0.4) is 0 Å². The van der Waals surface area contributed by atoms with Crippen LogP contribution in [0.5, 0.6) is 5.75 Å². The number of ether oxygens (including phenoxy) is 1. The highest BCUT2D eigenvalue weighted by atomic mass is 16.5. The summed E-state index contributed by atoms with van der Waals surface area (Å²) in [6.45, 7) is 6.44. The Balaban J connectivity index is 1.85. The van der Waals surface area contributed by atoms with Crippen molar-refractivity contribution >= 4 is 22.7 Å². The predicted molar refractivity (Wildman–Crippen MR) is 96.2 cm³/mol. The van der Waals surface area contributed by atoms with E-state index in [1.54, 1.807) is 48.5 Å². The van der Waals surface area contributed by atoms with Crippen LogP contribution < -0.4 is 15.8 Å². The number of nitrogens with one attached hydrogen (secondary N) is 1. The van der Waals surface area contributed by atoms with Gasteiger partial charge in [0.2, 0.25) is 0 Å². The molecule has 6 nitrogen and oxygen atoms in total. The van der Waals surface area contributed by atoms with Crippen LogP contribution in [0.15, 0.2) is 64.3 Å². The number of nitrogens with zero attached hydrogens (tertiary/aromatic N) is 1. The van der Waals surface area contributed by atoms with Gasteiger partial charge in [0.25, 0.3) is 5.91 Å². The summed E-state index contributed by atoms with van der Waals surface area (Å²) in [5.41, 5.74) is 2.08. The smallest absolute Gasteiger partial charge is 0.420 e. The summed E-state index contributed by atoms with van der Waals surface area (Å²) >= 11 is 0. The van der Waals surface area contributed by atoms with Gasteiger partial charge in [0.1, 0.15) is 5.75 Å². The molecule has 0 atom stereocenters. The first-order chi connectivity index (χ1) is 12.1. The first kappa shape index (κ1) is 16.6. The number of amides is 1. The Morgan fingerprint density at radius 1 is 1.28 bits per heavy atom. The van der Waals surface area contributed by atoms with Gasteiger partial charge in [0.15, 0.2) is 5.58 Å². The molecule has 0 saturated carbocycles. The molecule has 3 rings (SSSR count). The maximum absolute atomic E-state index is 12.5. The molecule has 2 aromatic carbocycles. The molecule has 128 valence electrons. The average molecular weight is 338 g/mol. The predicted octanol–water partition coefficient (Wildman–Crippen LogP) is 3.43. The van der Waals surface area contributed by atoms with Crippen LogP contribution in [0.4, 0.5) is 5.69 Å². The van der Waals surface area contributed by atoms with Crippen molar-refractivity contribution < 1.29 is 13.9 Å². The summed E-state index contributed by atoms with van der Waals surface area (Å²) in [6, 6.07) is 12.0. The largest absolute Gasteiger partial charge is 0.494 e. The number of anilines is 1. The number of fused-ring (bicyclic) bond motifs is 1. The molecular formula is C19H18N2O4. The fourth-order valence-corrected chi connectivity index (χ4v) is 2.51. The first-order valence-corrected chi connectivity index (χ1v) is 7.91. The van der Waals surface area contributed by atoms with Gasteiger partial charge in [-0.2, -0.15) is 0 Å². The number of benzene rings is 2. The maximum atomic E-state index is 12.5. The summed E-state index contributed by atoms with van der Waals surface area (Å²) in [4.78, 5) is 24.3. The van der Waals surface area contributed by atoms with E-state index < -0.39 is 5.76 Å². The van der Waals surface area contributed by atoms with Crippen LogP contribution in [-0.4, -0.2) is 17.1 Å². The lowest BCUT2D eigenvalue weighted by Gasteiger charge is -2.07. The van der Waals surface area contributed by atoms with Gasteiger partial charge < -0.3 is 14.5 Å². The number of hydrogen-bond acceptors (Lipinski definition) is 4. The molecule has 1 amide bonds. The summed E-state index contributed by atoms with van der Waals surface area (Å²) in [7, 11) is 0. The Bertz CT molecular complexity index is 967. The quantitative estimate of drug-likeness (QED) is 0.699. The number of carbonyl (C=O) groups is 1. The third-order valence-electron chi connectivity index (χ3n) is 3.66. The van der Waals surface area contributed by atoms with Gasteiger partial charge in [-0.1, -0.05) is 6.08 Å². The number of oxazole rings is 1. The lowest BCUT2D eigenvalue weighted by molar-refractivity contribution is 0.102. The van der Waals surface area contributed by atoms with Gasteiger partial charge in [0.05, 0.1) is 12.1 Å². The number of rotatable bonds is 6. The van der Waals surface area contributed by atoms with E-state index in [0.29, 0.717) is 35.5 Å². The molecule has 0 unspecified atom stereocenters. The minimum atomic E-state index is -0.473. The van der Waals surface area contributed by atoms with Crippen LogP contribution in [-0.2, 0) is 6.54 Å². The average Bonchev–Trinajstić information content (AvgIpc) is 2.92. The van der Waals surface area contributed by atoms with Crippen LogP contribution in [0.1, 0.15) is 17.3 Å². The van der Waals surface area contributed by atoms with E-state index >= 15 is 0 Å². The van der Waals surface area contributed by atoms with Crippen molar-refractivity contribution in [3.8, 4) is 5.75 Å². The molecule has 1 N–H and O–H groups in total. The van der Waals surface area contributed by atoms with Crippen LogP contribution >= 0.6 is 0 Å². The molecule has 3 aromatic rings. The van der Waals surface area contributed by atoms with Crippen molar-refractivity contribution in [2.24, 2.45) is 0 Å². The van der Waals surface area contributed by atoms with E-state index in [9.17, 15) is 9.59 Å². The SMILES string of the molecule is C=CCn1c(=O)oc2ccc(C(=O)Nc3ccc(OCC)cc3)cc21. The zero-order valence-corrected chi connectivity index (χ0v) is 13.8. The van der Waals surface area contributed by atoms with Gasteiger partial charge in [-0.25, -0.2) is 4.79 Å². The fourth-order valence-electron chi connectivity index (χ4n) is 2.51. The highest BCUT2D eigenvalue weighted by Gasteiger charge is 2.12. The molecule has 1 heterocycles. The van der Waals surface area contributed by atoms with E-state index in [1.807, 2.05) is 6.92 Å². The van der Waals surface area contributed by atoms with E-state index in [2.05, 4.69) is 11.9 Å². The molecule has 0 saturated heterocycles. The zero-order valence-electron chi connectivity index (χ0n) is 13.8. The van der Waals surface area contributed by atoms with Crippen molar-refractivity contribution in [1.29, 1.82) is 0 Å². The molecule has 0 spiro atoms. The Morgan fingerprint density at radius 3 is 2.72 bits per heavy atom. The number of allylic oxidation sites excluding steroid dienone is 1. The summed E-state index contributed by atoms with van der Waals surface area (Å²) < 4.78 is 12.0. The van der Waals surface area contributed by atoms with Gasteiger partial charge in [-0.15, -0.1) is 6.58 Å². The normalized spacial score (nSPS) is 10.6. The first-order valence-electron chi connectivity index (χ1n) is 7.91. The molecular weight excluding hydrogens is 320 g/mol. The topological polar surface area (TPSA) is 73.5 Å². The molecule has 0 bridgehead atoms. The molecule has 0 aliphatic carbocycles. The van der Waals surface area contributed by atoms with Crippen molar-refractivity contribution in [2.45, 2.75) is 13.5 Å². The van der Waals surface area contributed by atoms with E-state index in [1.165, 1.54) is 4.57 Å². The fraction of sp³-hybridized carbons (Fsp3) is 0.158. The molecule has 0 fully saturated rings. The van der Waals surface area contributed by atoms with Crippen molar-refractivity contribution in [1.82, 2.24) is 4.57 Å². The third-order valence-corrected chi connectivity index (χ3v) is 3.66. The monoisotopic (exact) mass is 338 g/mol. The van der Waals surface area contributed by atoms with E-state index in [4.69, 9.17) is 9.15 Å². The number of hydrogen-bond donors (Lipinski definition) is 1. The van der Waals surface area contributed by atoms with Crippen molar-refractivity contribution in [2.75, 3.05) is 11.9 Å². The van der Waals surface area contributed by atoms with Crippen LogP contribution in [0.25, 0.3) is 11.1 Å². The van der Waals surface area contributed by atoms with Gasteiger partial charge >= 0.3 is 5.76 Å². The molecule has 1 aromatic heterocycles. The Morgan fingerprint density at radius 2 is 2.04 bits per heavy atom. The Hall–Kier alpha value is -3.28. The number of aromatic nitrogens is 1. The van der Waals surface area contributed by atoms with Crippen molar-refractivity contribution in [3.63, 3.8) is 0 Å². The lowest BCUT2D eigenvalue weighted by atomic mass is 10.2. The molecule has 25 heavy (non-hydrogen) atoms. The second-order valence-corrected chi connectivity index (χ2v) is 5.36. The maximum Gasteiger partial charge on any atom is 0.420 e. The van der Waals surface area contributed by atoms with Gasteiger partial charge in [-0.05, 0) is 49.4 Å². The zero-order chi connectivity index (χ0) is 17.8. The second-order valence-electron chi connectivity index (χ2n) is 5.36. The lowest BCUT2D eigenvalue weighted by Crippen LogP contribution is -2.14. The second kappa shape index (κ2) is 7.09. The molecule has 0 radical (unpaired) electrons. The summed E-state index contributed by atoms with van der Waals surface area (Å²) in [6.07, 6.45) is 1.60. The summed E-state index contributed by atoms with van der Waals surface area (Å²) in [5, 5.41) is 2.82. The highest BCUT2D eigenvalue weighted by Crippen LogP contribution is 2.19. The van der Waals surface area contributed by atoms with E-state index in [-0.39, 0.29) is 5.91 Å². The standard InChI is InChI=1S/C19H18N2O4/c1-3-11-21-16-12-13(5-10-17(16)25-19(21)23)18(22)20-14-6-8-15(9-7-14)24-4-2/h3,5-10,12H,1,4,11H2,2H3,(H,20,22). The Labute approximate surface area is 144 Å². The van der Waals surface area contributed by atoms with Gasteiger partial charge in [0, 0.05) is 17.8 Å². The van der Waals surface area contributed by atoms with Gasteiger partial charge in [-0.3, -0.25) is 9.36 Å². The van der Waals surface area contributed by atoms with E-state index in [0.717, 1.165) is 5.75 Å². The molecule has 6 heteroatoms. The minimum absolute atomic E-state index is 0.273. The van der Waals surface area contributed by atoms with Crippen LogP contribution in [0, 0.1) is 0 Å². The highest BCUT2D eigenvalue weighted by molar-refractivity contribution is 6.05. The minimum Gasteiger partial charge on any atom is -0.494 e. The number of carbonyl (C=O) groups excluding carboxylic acids is 1.